The molecule has 0 aliphatic heterocycles. The van der Waals surface area contributed by atoms with Crippen LogP contribution in [0.2, 0.25) is 0 Å². The van der Waals surface area contributed by atoms with Gasteiger partial charge in [-0.15, -0.1) is 0 Å². The third-order valence-electron chi connectivity index (χ3n) is 11.9. The molecule has 4 rings (SSSR count). The van der Waals surface area contributed by atoms with Crippen LogP contribution in [0.25, 0.3) is 0 Å². The van der Waals surface area contributed by atoms with Gasteiger partial charge >= 0.3 is 0 Å². The second-order valence-corrected chi connectivity index (χ2v) is 21.0. The van der Waals surface area contributed by atoms with E-state index in [9.17, 15) is 0 Å². The molecule has 1 aliphatic carbocycles. The fourth-order valence-corrected chi connectivity index (χ4v) is 15.8. The van der Waals surface area contributed by atoms with E-state index in [2.05, 4.69) is 235 Å². The van der Waals surface area contributed by atoms with Crippen LogP contribution in [0.1, 0.15) is 27.7 Å². The Balaban J connectivity index is 2.73. The topological polar surface area (TPSA) is 29.2 Å². The van der Waals surface area contributed by atoms with Gasteiger partial charge in [0.05, 0.1) is 0 Å². The van der Waals surface area contributed by atoms with Crippen LogP contribution in [-0.2, 0) is 0 Å². The predicted octanol–water partition coefficient (Wildman–Crippen LogP) is 5.59. The van der Waals surface area contributed by atoms with E-state index in [-0.39, 0.29) is 5.92 Å². The van der Waals surface area contributed by atoms with Gasteiger partial charge in [0.1, 0.15) is 0 Å². The number of nitrogens with zero attached hydrogens (tertiary/aromatic N) is 9. The molecule has 10 heteroatoms. The lowest BCUT2D eigenvalue weighted by atomic mass is 10.1. The highest BCUT2D eigenvalue weighted by Crippen LogP contribution is 2.48. The van der Waals surface area contributed by atoms with Crippen molar-refractivity contribution in [3.05, 3.63) is 58.3 Å². The lowest BCUT2D eigenvalue weighted by molar-refractivity contribution is 0.851. The minimum atomic E-state index is -3.49. The van der Waals surface area contributed by atoms with E-state index in [1.807, 2.05) is 0 Å². The molecule has 0 spiro atoms. The highest BCUT2D eigenvalue weighted by Gasteiger charge is 2.56. The SMILES string of the molecule is CC1=C(C)C(C)C([Si](c2c(N(C)C)cc(N(C)C)cc2N(C)C)(c2c(N(C)C)cc(N(C)C)cc2N(C)C)c2c(N(C)C)cc(N(C)C)cc2N(C)C)=C1C. The number of rotatable bonds is 13. The van der Waals surface area contributed by atoms with Crippen LogP contribution >= 0.6 is 0 Å². The maximum absolute atomic E-state index is 3.49. The predicted molar refractivity (Wildman–Crippen MR) is 253 cm³/mol. The summed E-state index contributed by atoms with van der Waals surface area (Å²) < 4.78 is 0. The number of anilines is 9. The summed E-state index contributed by atoms with van der Waals surface area (Å²) in [5.41, 5.74) is 15.3. The summed E-state index contributed by atoms with van der Waals surface area (Å²) in [5, 5.41) is 5.78. The van der Waals surface area contributed by atoms with E-state index >= 15 is 0 Å². The molecule has 0 radical (unpaired) electrons. The van der Waals surface area contributed by atoms with E-state index in [0.717, 1.165) is 0 Å². The molecule has 1 atom stereocenters. The Morgan fingerprint density at radius 1 is 0.345 bits per heavy atom. The fourth-order valence-electron chi connectivity index (χ4n) is 8.58. The lowest BCUT2D eigenvalue weighted by Gasteiger charge is -2.48. The van der Waals surface area contributed by atoms with Crippen LogP contribution in [0.15, 0.2) is 58.3 Å². The van der Waals surface area contributed by atoms with Gasteiger partial charge in [0, 0.05) is 194 Å². The third kappa shape index (κ3) is 7.34. The summed E-state index contributed by atoms with van der Waals surface area (Å²) in [7, 11) is 36.2. The van der Waals surface area contributed by atoms with Gasteiger partial charge in [0.2, 0.25) is 0 Å². The van der Waals surface area contributed by atoms with Gasteiger partial charge in [0.25, 0.3) is 0 Å². The Hall–Kier alpha value is -4.44. The van der Waals surface area contributed by atoms with Crippen LogP contribution in [0.4, 0.5) is 51.2 Å². The van der Waals surface area contributed by atoms with Crippen LogP contribution in [0.5, 0.6) is 0 Å². The van der Waals surface area contributed by atoms with Gasteiger partial charge < -0.3 is 44.1 Å². The monoisotopic (exact) mass is 768 g/mol. The van der Waals surface area contributed by atoms with E-state index in [1.54, 1.807) is 5.20 Å². The highest BCUT2D eigenvalue weighted by atomic mass is 28.3. The van der Waals surface area contributed by atoms with E-state index in [1.165, 1.54) is 83.5 Å². The van der Waals surface area contributed by atoms with Gasteiger partial charge in [-0.05, 0) is 68.7 Å². The molecule has 0 amide bonds. The molecule has 302 valence electrons. The summed E-state index contributed by atoms with van der Waals surface area (Å²) in [6, 6.07) is 14.6. The van der Waals surface area contributed by atoms with Crippen molar-refractivity contribution >= 4 is 74.8 Å². The molecule has 0 saturated carbocycles. The van der Waals surface area contributed by atoms with Crippen molar-refractivity contribution in [2.24, 2.45) is 5.92 Å². The van der Waals surface area contributed by atoms with Crippen molar-refractivity contribution < 1.29 is 0 Å². The van der Waals surface area contributed by atoms with Crippen molar-refractivity contribution in [3.63, 3.8) is 0 Å². The number of benzene rings is 3. The first-order valence-electron chi connectivity index (χ1n) is 19.4. The molecule has 9 nitrogen and oxygen atoms in total. The van der Waals surface area contributed by atoms with Crippen molar-refractivity contribution in [1.29, 1.82) is 0 Å². The summed E-state index contributed by atoms with van der Waals surface area (Å²) in [5.74, 6) is 0.210. The van der Waals surface area contributed by atoms with Crippen molar-refractivity contribution in [1.82, 2.24) is 0 Å². The molecule has 55 heavy (non-hydrogen) atoms. The maximum Gasteiger partial charge on any atom is 0.191 e. The Kier molecular flexibility index (Phi) is 12.6. The quantitative estimate of drug-likeness (QED) is 0.163. The molecule has 3 aromatic rings. The van der Waals surface area contributed by atoms with Gasteiger partial charge in [0.15, 0.2) is 8.07 Å². The molecule has 0 N–H and O–H groups in total. The van der Waals surface area contributed by atoms with E-state index in [4.69, 9.17) is 0 Å². The number of hydrogen-bond donors (Lipinski definition) is 0. The van der Waals surface area contributed by atoms with Gasteiger partial charge in [-0.3, -0.25) is 0 Å². The Morgan fingerprint density at radius 3 is 0.709 bits per heavy atom. The Bertz CT molecular complexity index is 1700. The summed E-state index contributed by atoms with van der Waals surface area (Å²) in [6.07, 6.45) is 0. The van der Waals surface area contributed by atoms with Crippen LogP contribution in [0.3, 0.4) is 0 Å². The van der Waals surface area contributed by atoms with Crippen molar-refractivity contribution in [2.75, 3.05) is 171 Å². The molecule has 1 aliphatic rings. The zero-order valence-corrected chi connectivity index (χ0v) is 39.6. The zero-order chi connectivity index (χ0) is 41.8. The molecule has 0 bridgehead atoms. The lowest BCUT2D eigenvalue weighted by Crippen LogP contribution is -2.73. The summed E-state index contributed by atoms with van der Waals surface area (Å²) >= 11 is 0. The highest BCUT2D eigenvalue weighted by molar-refractivity contribution is 7.20. The average Bonchev–Trinajstić information content (AvgIpc) is 3.29. The molecular weight excluding hydrogens is 695 g/mol. The number of hydrogen-bond acceptors (Lipinski definition) is 9. The first-order chi connectivity index (χ1) is 25.4. The van der Waals surface area contributed by atoms with Crippen LogP contribution in [-0.4, -0.2) is 135 Å². The van der Waals surface area contributed by atoms with Gasteiger partial charge in [-0.1, -0.05) is 23.3 Å². The largest absolute Gasteiger partial charge is 0.378 e. The third-order valence-corrected chi connectivity index (χ3v) is 17.3. The molecular formula is C45H73N9Si. The second kappa shape index (κ2) is 16.0. The standard InChI is InChI=1S/C45H73N9Si/c1-29-30(2)32(4)42(31(29)3)55(43-36(49(11)12)23-33(46(5)6)24-37(43)50(13)14,44-38(51(15)16)25-34(47(7)8)26-39(44)52(17)18)45-40(53(19)20)27-35(48(9)10)28-41(45)54(21)22/h23-28,31H,1-22H3. The van der Waals surface area contributed by atoms with Crippen molar-refractivity contribution in [2.45, 2.75) is 27.7 Å². The Morgan fingerprint density at radius 2 is 0.564 bits per heavy atom. The summed E-state index contributed by atoms with van der Waals surface area (Å²) in [6.45, 7) is 9.61. The molecule has 0 heterocycles. The minimum absolute atomic E-state index is 0.210. The van der Waals surface area contributed by atoms with Gasteiger partial charge in [-0.2, -0.15) is 0 Å². The van der Waals surface area contributed by atoms with Crippen molar-refractivity contribution in [3.8, 4) is 0 Å². The smallest absolute Gasteiger partial charge is 0.191 e. The zero-order valence-electron chi connectivity index (χ0n) is 38.6. The molecule has 0 aromatic heterocycles. The molecule has 1 unspecified atom stereocenters. The minimum Gasteiger partial charge on any atom is -0.378 e. The van der Waals surface area contributed by atoms with Crippen LogP contribution < -0.4 is 59.7 Å². The van der Waals surface area contributed by atoms with E-state index in [0.29, 0.717) is 0 Å². The molecule has 0 saturated heterocycles. The van der Waals surface area contributed by atoms with E-state index < -0.39 is 8.07 Å². The fraction of sp³-hybridized carbons (Fsp3) is 0.511. The molecule has 0 fully saturated rings. The summed E-state index contributed by atoms with van der Waals surface area (Å²) in [4.78, 5) is 21.0. The first-order valence-corrected chi connectivity index (χ1v) is 21.4. The van der Waals surface area contributed by atoms with Gasteiger partial charge in [-0.25, -0.2) is 0 Å². The first kappa shape index (κ1) is 43.3. The second-order valence-electron chi connectivity index (χ2n) is 17.4. The normalized spacial score (nSPS) is 14.4. The van der Waals surface area contributed by atoms with Crippen LogP contribution in [0, 0.1) is 5.92 Å². The molecule has 3 aromatic carbocycles. The number of allylic oxidation sites excluding steroid dienone is 4. The Labute approximate surface area is 336 Å². The maximum atomic E-state index is 2.48. The average molecular weight is 768 g/mol.